The van der Waals surface area contributed by atoms with Gasteiger partial charge in [0, 0.05) is 0 Å². The second-order valence-electron chi connectivity index (χ2n) is 8.89. The van der Waals surface area contributed by atoms with Gasteiger partial charge in [-0.05, 0) is 38.2 Å². The van der Waals surface area contributed by atoms with Gasteiger partial charge in [0.2, 0.25) is 0 Å². The Morgan fingerprint density at radius 3 is 2.29 bits per heavy atom. The molecule has 1 aromatic rings. The van der Waals surface area contributed by atoms with E-state index in [1.54, 1.807) is 0 Å². The van der Waals surface area contributed by atoms with E-state index >= 15 is 0 Å². The van der Waals surface area contributed by atoms with Crippen molar-refractivity contribution in [1.29, 1.82) is 0 Å². The van der Waals surface area contributed by atoms with Gasteiger partial charge >= 0.3 is 11.9 Å². The van der Waals surface area contributed by atoms with Crippen LogP contribution in [0.2, 0.25) is 0 Å². The summed E-state index contributed by atoms with van der Waals surface area (Å²) in [6.45, 7) is 1.77. The predicted molar refractivity (Wildman–Crippen MR) is 123 cm³/mol. The maximum absolute atomic E-state index is 11.3. The molecule has 35 heavy (non-hydrogen) atoms. The van der Waals surface area contributed by atoms with Gasteiger partial charge in [-0.15, -0.1) is 0 Å². The summed E-state index contributed by atoms with van der Waals surface area (Å²) in [5, 5.41) is 46.6. The number of ether oxygens (including phenoxy) is 3. The second kappa shape index (κ2) is 14.4. The highest BCUT2D eigenvalue weighted by atomic mass is 16.7. The molecule has 2 aliphatic rings. The molecule has 11 heteroatoms. The van der Waals surface area contributed by atoms with Crippen LogP contribution in [-0.4, -0.2) is 86.9 Å². The van der Waals surface area contributed by atoms with E-state index in [-0.39, 0.29) is 19.1 Å². The molecule has 3 rings (SSSR count). The summed E-state index contributed by atoms with van der Waals surface area (Å²) in [5.41, 5.74) is 7.25. The summed E-state index contributed by atoms with van der Waals surface area (Å²) < 4.78 is 15.7. The normalized spacial score (nSPS) is 27.9. The molecule has 1 unspecified atom stereocenters. The Hall–Kier alpha value is -2.12. The fraction of sp³-hybridized carbons (Fsp3) is 0.667. The van der Waals surface area contributed by atoms with Gasteiger partial charge in [0.1, 0.15) is 36.6 Å². The topological polar surface area (TPSA) is 189 Å². The highest BCUT2D eigenvalue weighted by Crippen LogP contribution is 2.23. The largest absolute Gasteiger partial charge is 0.480 e. The number of hydrogen-bond acceptors (Lipinski definition) is 10. The zero-order chi connectivity index (χ0) is 26.0. The number of aliphatic carboxylic acids is 1. The molecule has 6 atom stereocenters. The minimum Gasteiger partial charge on any atom is -0.480 e. The van der Waals surface area contributed by atoms with Crippen LogP contribution in [0.5, 0.6) is 0 Å². The lowest BCUT2D eigenvalue weighted by Gasteiger charge is -2.39. The molecule has 1 saturated heterocycles. The van der Waals surface area contributed by atoms with Crippen LogP contribution < -0.4 is 5.73 Å². The van der Waals surface area contributed by atoms with Gasteiger partial charge in [-0.3, -0.25) is 9.59 Å². The van der Waals surface area contributed by atoms with E-state index in [9.17, 15) is 30.0 Å². The van der Waals surface area contributed by atoms with Crippen LogP contribution in [0.15, 0.2) is 24.3 Å². The number of aliphatic hydroxyl groups excluding tert-OH is 4. The highest BCUT2D eigenvalue weighted by Gasteiger charge is 2.44. The highest BCUT2D eigenvalue weighted by molar-refractivity contribution is 5.81. The molecule has 1 aliphatic heterocycles. The van der Waals surface area contributed by atoms with Crippen LogP contribution in [0, 0.1) is 6.92 Å². The maximum atomic E-state index is 11.3. The van der Waals surface area contributed by atoms with Crippen LogP contribution in [-0.2, 0) is 30.4 Å². The number of hydrogen-bond donors (Lipinski definition) is 6. The molecule has 1 aliphatic carbocycles. The molecule has 0 amide bonds. The van der Waals surface area contributed by atoms with Crippen LogP contribution in [0.25, 0.3) is 0 Å². The van der Waals surface area contributed by atoms with Crippen molar-refractivity contribution in [1.82, 2.24) is 0 Å². The van der Waals surface area contributed by atoms with E-state index < -0.39 is 55.3 Å². The number of benzene rings is 1. The Morgan fingerprint density at radius 1 is 1.09 bits per heavy atom. The molecular weight excluding hydrogens is 462 g/mol. The van der Waals surface area contributed by atoms with Crippen molar-refractivity contribution >= 4 is 11.9 Å². The number of aryl methyl sites for hydroxylation is 1. The van der Waals surface area contributed by atoms with Crippen molar-refractivity contribution in [2.24, 2.45) is 5.73 Å². The average Bonchev–Trinajstić information content (AvgIpc) is 2.83. The number of esters is 1. The lowest BCUT2D eigenvalue weighted by atomic mass is 9.98. The Morgan fingerprint density at radius 2 is 1.71 bits per heavy atom. The van der Waals surface area contributed by atoms with E-state index in [4.69, 9.17) is 25.1 Å². The fourth-order valence-corrected chi connectivity index (χ4v) is 3.83. The molecule has 0 aromatic heterocycles. The van der Waals surface area contributed by atoms with Crippen LogP contribution >= 0.6 is 0 Å². The van der Waals surface area contributed by atoms with Gasteiger partial charge in [-0.25, -0.2) is 0 Å². The van der Waals surface area contributed by atoms with Crippen molar-refractivity contribution in [2.75, 3.05) is 6.61 Å². The summed E-state index contributed by atoms with van der Waals surface area (Å²) in [4.78, 5) is 21.7. The number of carboxylic acid groups (broad SMARTS) is 1. The first-order valence-electron chi connectivity index (χ1n) is 11.8. The van der Waals surface area contributed by atoms with Crippen molar-refractivity contribution in [3.63, 3.8) is 0 Å². The Bertz CT molecular complexity index is 781. The quantitative estimate of drug-likeness (QED) is 0.264. The van der Waals surface area contributed by atoms with E-state index in [0.717, 1.165) is 36.8 Å². The average molecular weight is 500 g/mol. The third-order valence-corrected chi connectivity index (χ3v) is 5.96. The first-order valence-corrected chi connectivity index (χ1v) is 11.8. The molecule has 11 nitrogen and oxygen atoms in total. The molecule has 1 heterocycles. The molecule has 2 fully saturated rings. The first kappa shape index (κ1) is 29.1. The predicted octanol–water partition coefficient (Wildman–Crippen LogP) is -0.0242. The van der Waals surface area contributed by atoms with Gasteiger partial charge in [0.05, 0.1) is 19.6 Å². The third-order valence-electron chi connectivity index (χ3n) is 5.96. The Balaban J connectivity index is 0.000000258. The van der Waals surface area contributed by atoms with Crippen molar-refractivity contribution in [3.05, 3.63) is 35.4 Å². The third kappa shape index (κ3) is 9.45. The summed E-state index contributed by atoms with van der Waals surface area (Å²) in [6, 6.07) is 6.51. The summed E-state index contributed by atoms with van der Waals surface area (Å²) in [7, 11) is 0. The summed E-state index contributed by atoms with van der Waals surface area (Å²) in [5.74, 6) is -1.67. The number of carbonyl (C=O) groups is 2. The molecule has 1 aromatic carbocycles. The Kier molecular flexibility index (Phi) is 12.0. The number of carboxylic acids is 1. The van der Waals surface area contributed by atoms with Gasteiger partial charge in [0.25, 0.3) is 0 Å². The van der Waals surface area contributed by atoms with E-state index in [0.29, 0.717) is 0 Å². The summed E-state index contributed by atoms with van der Waals surface area (Å²) >= 11 is 0. The van der Waals surface area contributed by atoms with Crippen LogP contribution in [0.3, 0.4) is 0 Å². The zero-order valence-electron chi connectivity index (χ0n) is 19.9. The van der Waals surface area contributed by atoms with Crippen LogP contribution in [0.1, 0.15) is 49.7 Å². The molecular formula is C24H37NO10. The second-order valence-corrected chi connectivity index (χ2v) is 8.89. The molecule has 7 N–H and O–H groups in total. The minimum absolute atomic E-state index is 0.0350. The molecule has 0 radical (unpaired) electrons. The number of aliphatic hydroxyl groups is 4. The van der Waals surface area contributed by atoms with Gasteiger partial charge < -0.3 is 45.5 Å². The lowest BCUT2D eigenvalue weighted by molar-refractivity contribution is -0.295. The number of nitrogens with two attached hydrogens (primary N) is 1. The van der Waals surface area contributed by atoms with Crippen molar-refractivity contribution in [2.45, 2.75) is 94.9 Å². The van der Waals surface area contributed by atoms with Crippen molar-refractivity contribution in [3.8, 4) is 0 Å². The van der Waals surface area contributed by atoms with Gasteiger partial charge in [-0.1, -0.05) is 36.2 Å². The zero-order valence-corrected chi connectivity index (χ0v) is 19.9. The van der Waals surface area contributed by atoms with Gasteiger partial charge in [-0.2, -0.15) is 0 Å². The summed E-state index contributed by atoms with van der Waals surface area (Å²) in [6.07, 6.45) is -1.27. The molecule has 0 bridgehead atoms. The van der Waals surface area contributed by atoms with Crippen molar-refractivity contribution < 1.29 is 49.3 Å². The molecule has 0 spiro atoms. The van der Waals surface area contributed by atoms with Gasteiger partial charge in [0.15, 0.2) is 6.29 Å². The first-order chi connectivity index (χ1) is 16.6. The maximum Gasteiger partial charge on any atom is 0.321 e. The number of carbonyl (C=O) groups excluding carboxylic acids is 1. The smallest absolute Gasteiger partial charge is 0.321 e. The van der Waals surface area contributed by atoms with Crippen LogP contribution in [0.4, 0.5) is 0 Å². The molecule has 1 saturated carbocycles. The van der Waals surface area contributed by atoms with E-state index in [1.165, 1.54) is 6.42 Å². The van der Waals surface area contributed by atoms with E-state index in [1.807, 2.05) is 31.2 Å². The SMILES string of the molecule is Cc1ccc(CO[C@H]2[C@H](O)[C@H](O)C(O)O[C@@H]2CO)cc1.N[C@@H](CC(=O)OC1CCCCC1)C(=O)O. The standard InChI is InChI=1S/C14H20O6.C10H17NO4/c1-8-2-4-9(5-3-8)7-19-13-10(6-15)20-14(18)12(17)11(13)16;11-8(10(13)14)6-9(12)15-7-4-2-1-3-5-7/h2-5,10-18H,6-7H2,1H3;7-8H,1-6,11H2,(H,13,14)/t10-,11-,12+,13-,14?;8-/m10/s1. The number of rotatable bonds is 8. The minimum atomic E-state index is -1.53. The lowest BCUT2D eigenvalue weighted by Crippen LogP contribution is -2.59. The Labute approximate surface area is 204 Å². The van der Waals surface area contributed by atoms with E-state index in [2.05, 4.69) is 0 Å². The fourth-order valence-electron chi connectivity index (χ4n) is 3.83. The molecule has 198 valence electrons. The monoisotopic (exact) mass is 499 g/mol.